The molecule has 4 saturated carbocycles. The Morgan fingerprint density at radius 1 is 0.491 bits per heavy atom. The number of rotatable bonds is 5. The summed E-state index contributed by atoms with van der Waals surface area (Å²) in [4.78, 5) is 2.54. The van der Waals surface area contributed by atoms with Crippen LogP contribution in [0.1, 0.15) is 88.5 Å². The molecule has 6 aromatic carbocycles. The van der Waals surface area contributed by atoms with Gasteiger partial charge in [0, 0.05) is 16.8 Å². The third-order valence-electron chi connectivity index (χ3n) is 16.4. The topological polar surface area (TPSA) is 3.24 Å². The molecule has 6 unspecified atom stereocenters. The van der Waals surface area contributed by atoms with Gasteiger partial charge in [-0.2, -0.15) is 0 Å². The molecular weight excluding hydrogens is 663 g/mol. The number of nitrogens with zero attached hydrogens (tertiary/aromatic N) is 1. The van der Waals surface area contributed by atoms with Gasteiger partial charge in [0.2, 0.25) is 0 Å². The van der Waals surface area contributed by atoms with Gasteiger partial charge in [-0.25, -0.2) is 0 Å². The largest absolute Gasteiger partial charge is 0.310 e. The van der Waals surface area contributed by atoms with E-state index in [0.29, 0.717) is 5.41 Å². The highest BCUT2D eigenvalue weighted by Gasteiger charge is 2.84. The van der Waals surface area contributed by atoms with Gasteiger partial charge in [0.25, 0.3) is 0 Å². The molecule has 272 valence electrons. The number of benzene rings is 6. The van der Waals surface area contributed by atoms with Crippen molar-refractivity contribution in [1.29, 1.82) is 0 Å². The number of hydrogen-bond donors (Lipinski definition) is 0. The van der Waals surface area contributed by atoms with Gasteiger partial charge in [-0.15, -0.1) is 0 Å². The molecule has 0 aromatic heterocycles. The lowest BCUT2D eigenvalue weighted by Crippen LogP contribution is -2.73. The Labute approximate surface area is 327 Å². The van der Waals surface area contributed by atoms with Gasteiger partial charge in [0.1, 0.15) is 0 Å². The maximum absolute atomic E-state index is 2.63. The van der Waals surface area contributed by atoms with Crippen molar-refractivity contribution >= 4 is 17.1 Å². The molecule has 12 rings (SSSR count). The summed E-state index contributed by atoms with van der Waals surface area (Å²) in [5.41, 5.74) is 19.2. The highest BCUT2D eigenvalue weighted by Crippen LogP contribution is 2.89. The monoisotopic (exact) mass is 713 g/mol. The Hall–Kier alpha value is -4.88. The van der Waals surface area contributed by atoms with Gasteiger partial charge >= 0.3 is 0 Å². The van der Waals surface area contributed by atoms with Crippen molar-refractivity contribution in [2.45, 2.75) is 82.5 Å². The molecule has 55 heavy (non-hydrogen) atoms. The SMILES string of the molecule is CC1(C)CCC(C)(C)c2c(N(c3ccc(-c4ccc5c(c4)C4(c6ccccc6-5)C5CC6CC7CC4C75C6)cc3)c3cccc(-c4ccccc4)c3)cccc21. The molecule has 0 radical (unpaired) electrons. The van der Waals surface area contributed by atoms with Crippen LogP contribution < -0.4 is 4.90 Å². The van der Waals surface area contributed by atoms with Crippen LogP contribution in [0, 0.1) is 29.1 Å². The zero-order chi connectivity index (χ0) is 36.9. The zero-order valence-corrected chi connectivity index (χ0v) is 32.8. The molecule has 6 aromatic rings. The summed E-state index contributed by atoms with van der Waals surface area (Å²) in [6, 6.07) is 53.6. The molecule has 2 spiro atoms. The van der Waals surface area contributed by atoms with E-state index < -0.39 is 0 Å². The summed E-state index contributed by atoms with van der Waals surface area (Å²) in [7, 11) is 0. The predicted octanol–water partition coefficient (Wildman–Crippen LogP) is 14.2. The third-order valence-corrected chi connectivity index (χ3v) is 16.4. The van der Waals surface area contributed by atoms with E-state index in [-0.39, 0.29) is 16.2 Å². The molecule has 0 amide bonds. The quantitative estimate of drug-likeness (QED) is 0.172. The highest BCUT2D eigenvalue weighted by atomic mass is 15.1. The van der Waals surface area contributed by atoms with E-state index >= 15 is 0 Å². The molecule has 1 nitrogen and oxygen atoms in total. The Morgan fingerprint density at radius 3 is 1.98 bits per heavy atom. The molecule has 6 aliphatic carbocycles. The normalized spacial score (nSPS) is 29.1. The fourth-order valence-corrected chi connectivity index (χ4v) is 14.1. The van der Waals surface area contributed by atoms with E-state index in [9.17, 15) is 0 Å². The lowest BCUT2D eigenvalue weighted by Gasteiger charge is -2.76. The average Bonchev–Trinajstić information content (AvgIpc) is 3.84. The lowest BCUT2D eigenvalue weighted by molar-refractivity contribution is -0.231. The van der Waals surface area contributed by atoms with Crippen LogP contribution in [0.15, 0.2) is 140 Å². The van der Waals surface area contributed by atoms with Gasteiger partial charge < -0.3 is 4.90 Å². The second-order valence-electron chi connectivity index (χ2n) is 19.6. The second-order valence-corrected chi connectivity index (χ2v) is 19.6. The summed E-state index contributed by atoms with van der Waals surface area (Å²) in [6.07, 6.45) is 8.28. The fraction of sp³-hybridized carbons (Fsp3) is 0.333. The summed E-state index contributed by atoms with van der Waals surface area (Å²) < 4.78 is 0. The number of hydrogen-bond acceptors (Lipinski definition) is 1. The van der Waals surface area contributed by atoms with Gasteiger partial charge in [-0.3, -0.25) is 0 Å². The van der Waals surface area contributed by atoms with Gasteiger partial charge in [0.05, 0.1) is 5.69 Å². The molecular formula is C54H51N. The van der Waals surface area contributed by atoms with E-state index in [1.807, 2.05) is 0 Å². The maximum Gasteiger partial charge on any atom is 0.0502 e. The average molecular weight is 714 g/mol. The molecule has 0 aliphatic heterocycles. The second kappa shape index (κ2) is 10.9. The minimum absolute atomic E-state index is 0.0635. The smallest absolute Gasteiger partial charge is 0.0502 e. The van der Waals surface area contributed by atoms with Crippen molar-refractivity contribution in [2.24, 2.45) is 29.1 Å². The van der Waals surface area contributed by atoms with E-state index in [1.165, 1.54) is 100 Å². The van der Waals surface area contributed by atoms with Crippen LogP contribution >= 0.6 is 0 Å². The van der Waals surface area contributed by atoms with Crippen LogP contribution in [0.3, 0.4) is 0 Å². The van der Waals surface area contributed by atoms with Crippen LogP contribution in [0.2, 0.25) is 0 Å². The number of fused-ring (bicyclic) bond motifs is 9. The predicted molar refractivity (Wildman–Crippen MR) is 228 cm³/mol. The van der Waals surface area contributed by atoms with Crippen molar-refractivity contribution in [2.75, 3.05) is 4.90 Å². The molecule has 6 aliphatic rings. The van der Waals surface area contributed by atoms with Gasteiger partial charge in [-0.05, 0) is 170 Å². The third kappa shape index (κ3) is 4.10. The van der Waals surface area contributed by atoms with Crippen LogP contribution in [0.25, 0.3) is 33.4 Å². The van der Waals surface area contributed by atoms with E-state index in [1.54, 1.807) is 11.1 Å². The summed E-state index contributed by atoms with van der Waals surface area (Å²) in [5, 5.41) is 0. The Kier molecular flexibility index (Phi) is 6.42. The van der Waals surface area contributed by atoms with Crippen molar-refractivity contribution in [3.05, 3.63) is 162 Å². The fourth-order valence-electron chi connectivity index (χ4n) is 14.1. The van der Waals surface area contributed by atoms with Crippen molar-refractivity contribution in [3.8, 4) is 33.4 Å². The number of anilines is 3. The molecule has 6 atom stereocenters. The molecule has 1 heteroatoms. The first kappa shape index (κ1) is 32.4. The van der Waals surface area contributed by atoms with Crippen LogP contribution in [0.4, 0.5) is 17.1 Å². The Bertz CT molecular complexity index is 2540. The van der Waals surface area contributed by atoms with Gasteiger partial charge in [-0.1, -0.05) is 131 Å². The van der Waals surface area contributed by atoms with Gasteiger partial charge in [0.15, 0.2) is 0 Å². The lowest BCUT2D eigenvalue weighted by atomic mass is 9.27. The highest BCUT2D eigenvalue weighted by molar-refractivity contribution is 5.87. The standard InChI is InChI=1S/C54H51N/c1-51(2)26-27-52(3,4)50-45(51)18-11-19-47(50)55(41-15-10-14-37(30-41)35-12-6-5-7-13-35)40-23-20-36(21-24-40)38-22-25-43-42-16-8-9-17-44(42)54(46(43)31-38)48-29-34-28-39-32-49(54)53(39,48)33-34/h5-25,30-31,34,39,48-49H,26-29,32-33H2,1-4H3. The first-order valence-electron chi connectivity index (χ1n) is 21.1. The molecule has 0 heterocycles. The minimum Gasteiger partial charge on any atom is -0.310 e. The molecule has 4 fully saturated rings. The molecule has 0 saturated heterocycles. The summed E-state index contributed by atoms with van der Waals surface area (Å²) >= 11 is 0. The maximum atomic E-state index is 2.63. The summed E-state index contributed by atoms with van der Waals surface area (Å²) in [6.45, 7) is 9.78. The van der Waals surface area contributed by atoms with Crippen molar-refractivity contribution in [1.82, 2.24) is 0 Å². The molecule has 0 N–H and O–H groups in total. The molecule has 2 bridgehead atoms. The summed E-state index contributed by atoms with van der Waals surface area (Å²) in [5.74, 6) is 3.62. The first-order chi connectivity index (χ1) is 26.7. The Balaban J connectivity index is 0.982. The van der Waals surface area contributed by atoms with Crippen LogP contribution in [-0.4, -0.2) is 0 Å². The van der Waals surface area contributed by atoms with Crippen LogP contribution in [0.5, 0.6) is 0 Å². The van der Waals surface area contributed by atoms with Crippen LogP contribution in [-0.2, 0) is 16.2 Å². The van der Waals surface area contributed by atoms with E-state index in [0.717, 1.165) is 23.7 Å². The minimum atomic E-state index is 0.0635. The van der Waals surface area contributed by atoms with Crippen molar-refractivity contribution in [3.63, 3.8) is 0 Å². The van der Waals surface area contributed by atoms with E-state index in [4.69, 9.17) is 0 Å². The van der Waals surface area contributed by atoms with Crippen molar-refractivity contribution < 1.29 is 0 Å². The first-order valence-corrected chi connectivity index (χ1v) is 21.1. The van der Waals surface area contributed by atoms with E-state index in [2.05, 4.69) is 172 Å². The zero-order valence-electron chi connectivity index (χ0n) is 32.8. The Morgan fingerprint density at radius 2 is 1.15 bits per heavy atom.